The standard InChI is InChI=1S/C26H25N3O6S/c1-19-7-5-8-20(17-19)34-18-23(30)28-12-14-29(15-13-28)26-25(27-24(35-26)22-11-6-16-33-22)36(31,32)21-9-3-2-4-10-21/h2-11,16-17H,12-15,18H2,1H3. The minimum absolute atomic E-state index is 0.0674. The van der Waals surface area contributed by atoms with Crippen molar-refractivity contribution in [2.75, 3.05) is 37.7 Å². The van der Waals surface area contributed by atoms with Gasteiger partial charge in [-0.25, -0.2) is 8.42 Å². The summed E-state index contributed by atoms with van der Waals surface area (Å²) in [6, 6.07) is 18.9. The fourth-order valence-corrected chi connectivity index (χ4v) is 5.33. The maximum atomic E-state index is 13.4. The first kappa shape index (κ1) is 23.7. The number of hydrogen-bond acceptors (Lipinski definition) is 8. The molecule has 0 bridgehead atoms. The minimum atomic E-state index is -3.95. The van der Waals surface area contributed by atoms with Crippen LogP contribution in [-0.4, -0.2) is 57.0 Å². The highest BCUT2D eigenvalue weighted by Gasteiger charge is 2.34. The highest BCUT2D eigenvalue weighted by molar-refractivity contribution is 7.91. The van der Waals surface area contributed by atoms with Crippen molar-refractivity contribution in [3.8, 4) is 17.4 Å². The van der Waals surface area contributed by atoms with Crippen molar-refractivity contribution in [1.82, 2.24) is 9.88 Å². The van der Waals surface area contributed by atoms with Crippen molar-refractivity contribution in [3.63, 3.8) is 0 Å². The van der Waals surface area contributed by atoms with Gasteiger partial charge in [0, 0.05) is 26.2 Å². The molecule has 4 aromatic rings. The Morgan fingerprint density at radius 2 is 1.78 bits per heavy atom. The van der Waals surface area contributed by atoms with Crippen LogP contribution in [0.3, 0.4) is 0 Å². The van der Waals surface area contributed by atoms with Crippen molar-refractivity contribution in [2.24, 2.45) is 0 Å². The lowest BCUT2D eigenvalue weighted by atomic mass is 10.2. The largest absolute Gasteiger partial charge is 0.484 e. The number of benzene rings is 2. The summed E-state index contributed by atoms with van der Waals surface area (Å²) in [7, 11) is -3.95. The molecule has 0 unspecified atom stereocenters. The Morgan fingerprint density at radius 3 is 2.47 bits per heavy atom. The zero-order valence-electron chi connectivity index (χ0n) is 19.7. The fourth-order valence-electron chi connectivity index (χ4n) is 3.99. The van der Waals surface area contributed by atoms with Crippen LogP contribution in [0, 0.1) is 6.92 Å². The lowest BCUT2D eigenvalue weighted by Crippen LogP contribution is -2.50. The van der Waals surface area contributed by atoms with E-state index in [2.05, 4.69) is 4.98 Å². The third-order valence-corrected chi connectivity index (χ3v) is 7.56. The third-order valence-electron chi connectivity index (χ3n) is 5.89. The second-order valence-corrected chi connectivity index (χ2v) is 10.3. The predicted octanol–water partition coefficient (Wildman–Crippen LogP) is 3.80. The highest BCUT2D eigenvalue weighted by Crippen LogP contribution is 2.35. The SMILES string of the molecule is Cc1cccc(OCC(=O)N2CCN(c3oc(-c4ccco4)nc3S(=O)(=O)c3ccccc3)CC2)c1. The number of hydrogen-bond donors (Lipinski definition) is 0. The van der Waals surface area contributed by atoms with Crippen molar-refractivity contribution < 1.29 is 26.8 Å². The summed E-state index contributed by atoms with van der Waals surface area (Å²) in [5.74, 6) is 1.04. The van der Waals surface area contributed by atoms with E-state index in [0.717, 1.165) is 5.56 Å². The average molecular weight is 508 g/mol. The Kier molecular flexibility index (Phi) is 6.51. The van der Waals surface area contributed by atoms with Gasteiger partial charge >= 0.3 is 0 Å². The number of anilines is 1. The number of aromatic nitrogens is 1. The van der Waals surface area contributed by atoms with Gasteiger partial charge in [0.1, 0.15) is 5.75 Å². The number of oxazole rings is 1. The summed E-state index contributed by atoms with van der Waals surface area (Å²) >= 11 is 0. The number of amides is 1. The molecule has 1 fully saturated rings. The van der Waals surface area contributed by atoms with Crippen LogP contribution in [0.2, 0.25) is 0 Å². The summed E-state index contributed by atoms with van der Waals surface area (Å²) < 4.78 is 43.8. The summed E-state index contributed by atoms with van der Waals surface area (Å²) in [5, 5.41) is -0.178. The van der Waals surface area contributed by atoms with Crippen molar-refractivity contribution in [2.45, 2.75) is 16.8 Å². The second kappa shape index (κ2) is 9.90. The van der Waals surface area contributed by atoms with E-state index in [1.807, 2.05) is 31.2 Å². The molecule has 0 N–H and O–H groups in total. The van der Waals surface area contributed by atoms with E-state index < -0.39 is 9.84 Å². The number of piperazine rings is 1. The maximum absolute atomic E-state index is 13.4. The monoisotopic (exact) mass is 507 g/mol. The first-order chi connectivity index (χ1) is 17.4. The van der Waals surface area contributed by atoms with Crippen molar-refractivity contribution in [1.29, 1.82) is 0 Å². The van der Waals surface area contributed by atoms with E-state index >= 15 is 0 Å². The van der Waals surface area contributed by atoms with Crippen LogP contribution >= 0.6 is 0 Å². The highest BCUT2D eigenvalue weighted by atomic mass is 32.2. The molecule has 5 rings (SSSR count). The van der Waals surface area contributed by atoms with Crippen LogP contribution in [-0.2, 0) is 14.6 Å². The van der Waals surface area contributed by atoms with Gasteiger partial charge < -0.3 is 23.4 Å². The Labute approximate surface area is 208 Å². The number of aryl methyl sites for hydroxylation is 1. The zero-order valence-corrected chi connectivity index (χ0v) is 20.5. The smallest absolute Gasteiger partial charge is 0.266 e. The fraction of sp³-hybridized carbons (Fsp3) is 0.231. The zero-order chi connectivity index (χ0) is 25.1. The van der Waals surface area contributed by atoms with E-state index in [9.17, 15) is 13.2 Å². The quantitative estimate of drug-likeness (QED) is 0.372. The molecule has 1 saturated heterocycles. The third kappa shape index (κ3) is 4.85. The molecule has 2 aromatic heterocycles. The first-order valence-corrected chi connectivity index (χ1v) is 13.0. The molecule has 3 heterocycles. The van der Waals surface area contributed by atoms with Gasteiger partial charge in [-0.15, -0.1) is 0 Å². The van der Waals surface area contributed by atoms with E-state index in [0.29, 0.717) is 37.7 Å². The van der Waals surface area contributed by atoms with Gasteiger partial charge in [-0.05, 0) is 48.9 Å². The molecule has 1 aliphatic rings. The molecule has 9 nitrogen and oxygen atoms in total. The van der Waals surface area contributed by atoms with Gasteiger partial charge in [0.2, 0.25) is 20.7 Å². The van der Waals surface area contributed by atoms with Gasteiger partial charge in [-0.3, -0.25) is 4.79 Å². The first-order valence-electron chi connectivity index (χ1n) is 11.5. The summed E-state index contributed by atoms with van der Waals surface area (Å²) in [6.45, 7) is 3.42. The molecular weight excluding hydrogens is 482 g/mol. The molecule has 36 heavy (non-hydrogen) atoms. The number of carbonyl (C=O) groups is 1. The topological polar surface area (TPSA) is 106 Å². The lowest BCUT2D eigenvalue weighted by molar-refractivity contribution is -0.133. The van der Waals surface area contributed by atoms with Crippen LogP contribution in [0.4, 0.5) is 5.88 Å². The summed E-state index contributed by atoms with van der Waals surface area (Å²) in [5.41, 5.74) is 1.05. The summed E-state index contributed by atoms with van der Waals surface area (Å²) in [6.07, 6.45) is 1.47. The molecule has 1 amide bonds. The van der Waals surface area contributed by atoms with E-state index in [4.69, 9.17) is 13.6 Å². The Hall–Kier alpha value is -4.05. The molecule has 186 valence electrons. The number of carbonyl (C=O) groups excluding carboxylic acids is 1. The van der Waals surface area contributed by atoms with E-state index in [1.165, 1.54) is 18.4 Å². The predicted molar refractivity (Wildman–Crippen MR) is 132 cm³/mol. The number of ether oxygens (including phenoxy) is 1. The van der Waals surface area contributed by atoms with Gasteiger partial charge in [-0.1, -0.05) is 30.3 Å². The lowest BCUT2D eigenvalue weighted by Gasteiger charge is -2.34. The van der Waals surface area contributed by atoms with E-state index in [1.54, 1.807) is 40.1 Å². The average Bonchev–Trinajstić information content (AvgIpc) is 3.59. The minimum Gasteiger partial charge on any atom is -0.484 e. The van der Waals surface area contributed by atoms with Crippen LogP contribution in [0.25, 0.3) is 11.7 Å². The van der Waals surface area contributed by atoms with Crippen molar-refractivity contribution >= 4 is 21.6 Å². The Balaban J connectivity index is 1.33. The molecule has 10 heteroatoms. The number of rotatable bonds is 7. The molecule has 0 atom stereocenters. The molecule has 0 aliphatic carbocycles. The molecule has 1 aliphatic heterocycles. The number of sulfone groups is 1. The van der Waals surface area contributed by atoms with Gasteiger partial charge in [0.15, 0.2) is 12.4 Å². The van der Waals surface area contributed by atoms with Crippen LogP contribution in [0.1, 0.15) is 5.56 Å². The second-order valence-electron chi connectivity index (χ2n) is 8.40. The van der Waals surface area contributed by atoms with Gasteiger partial charge in [0.25, 0.3) is 11.8 Å². The molecule has 2 aromatic carbocycles. The Bertz CT molecular complexity index is 1440. The van der Waals surface area contributed by atoms with Crippen LogP contribution in [0.15, 0.2) is 91.7 Å². The number of nitrogens with zero attached hydrogens (tertiary/aromatic N) is 3. The Morgan fingerprint density at radius 1 is 1.00 bits per heavy atom. The number of furan rings is 1. The normalized spacial score (nSPS) is 14.1. The molecule has 0 spiro atoms. The molecular formula is C26H25N3O6S. The maximum Gasteiger partial charge on any atom is 0.266 e. The van der Waals surface area contributed by atoms with Crippen molar-refractivity contribution in [3.05, 3.63) is 78.6 Å². The summed E-state index contributed by atoms with van der Waals surface area (Å²) in [4.78, 5) is 20.6. The van der Waals surface area contributed by atoms with Crippen LogP contribution in [0.5, 0.6) is 5.75 Å². The van der Waals surface area contributed by atoms with Gasteiger partial charge in [0.05, 0.1) is 11.2 Å². The van der Waals surface area contributed by atoms with Gasteiger partial charge in [-0.2, -0.15) is 4.98 Å². The molecule has 0 saturated carbocycles. The van der Waals surface area contributed by atoms with E-state index in [-0.39, 0.29) is 34.2 Å². The van der Waals surface area contributed by atoms with Crippen LogP contribution < -0.4 is 9.64 Å². The molecule has 0 radical (unpaired) electrons.